The van der Waals surface area contributed by atoms with Gasteiger partial charge in [-0.05, 0) is 69.7 Å². The molecular weight excluding hydrogens is 686 g/mol. The summed E-state index contributed by atoms with van der Waals surface area (Å²) >= 11 is 0. The first-order valence-corrected chi connectivity index (χ1v) is 18.0. The molecule has 2 heterocycles. The Morgan fingerprint density at radius 3 is 1.96 bits per heavy atom. The number of nitro benzene ring substituents is 1. The van der Waals surface area contributed by atoms with Gasteiger partial charge in [-0.1, -0.05) is 41.5 Å². The van der Waals surface area contributed by atoms with Gasteiger partial charge in [-0.2, -0.15) is 8.42 Å². The molecule has 0 radical (unpaired) electrons. The summed E-state index contributed by atoms with van der Waals surface area (Å²) in [7, 11) is -3.94. The number of nitrogens with two attached hydrogens (primary N) is 1. The molecule has 280 valence electrons. The van der Waals surface area contributed by atoms with Crippen LogP contribution in [0.3, 0.4) is 0 Å². The van der Waals surface area contributed by atoms with Gasteiger partial charge in [-0.15, -0.1) is 12.4 Å². The van der Waals surface area contributed by atoms with Crippen LogP contribution in [0.5, 0.6) is 0 Å². The maximum absolute atomic E-state index is 12.7. The minimum Gasteiger partial charge on any atom is -0.383 e. The van der Waals surface area contributed by atoms with E-state index in [4.69, 9.17) is 9.88 Å². The third-order valence-electron chi connectivity index (χ3n) is 8.79. The Kier molecular flexibility index (Phi) is 13.7. The minimum absolute atomic E-state index is 0. The SMILES string of the molecule is CCOCCN1CCc2c(C)c(NS(N)(=O)=O)c(C)c(NC(=O)C(C)(C)C)c21.Cc1c2c(c(NC(=O)C(C)(C)C)c(C)c1[N+](=O)[O-])NCC2.Cl. The van der Waals surface area contributed by atoms with Gasteiger partial charge in [0.05, 0.1) is 45.5 Å². The summed E-state index contributed by atoms with van der Waals surface area (Å²) < 4.78 is 31.3. The van der Waals surface area contributed by atoms with Crippen LogP contribution in [0.4, 0.5) is 34.1 Å². The molecule has 2 aliphatic heterocycles. The number of carbonyl (C=O) groups is 2. The first kappa shape index (κ1) is 42.5. The van der Waals surface area contributed by atoms with Gasteiger partial charge in [-0.3, -0.25) is 24.4 Å². The molecule has 14 nitrogen and oxygen atoms in total. The third kappa shape index (κ3) is 9.56. The van der Waals surface area contributed by atoms with Crippen molar-refractivity contribution in [3.05, 3.63) is 43.5 Å². The minimum atomic E-state index is -3.94. The van der Waals surface area contributed by atoms with Crippen molar-refractivity contribution in [1.29, 1.82) is 0 Å². The van der Waals surface area contributed by atoms with Crippen molar-refractivity contribution in [2.75, 3.05) is 58.4 Å². The van der Waals surface area contributed by atoms with Crippen molar-refractivity contribution in [1.82, 2.24) is 0 Å². The van der Waals surface area contributed by atoms with E-state index in [0.29, 0.717) is 53.5 Å². The van der Waals surface area contributed by atoms with E-state index >= 15 is 0 Å². The number of hydrogen-bond acceptors (Lipinski definition) is 9. The molecule has 0 fully saturated rings. The third-order valence-corrected chi connectivity index (χ3v) is 9.28. The quantitative estimate of drug-likeness (QED) is 0.118. The fraction of sp³-hybridized carbons (Fsp3) is 0.588. The number of halogens is 1. The van der Waals surface area contributed by atoms with Gasteiger partial charge in [0.2, 0.25) is 11.8 Å². The van der Waals surface area contributed by atoms with E-state index in [-0.39, 0.29) is 34.8 Å². The van der Waals surface area contributed by atoms with Crippen LogP contribution in [-0.4, -0.2) is 58.0 Å². The zero-order chi connectivity index (χ0) is 37.2. The van der Waals surface area contributed by atoms with Crippen molar-refractivity contribution < 1.29 is 27.7 Å². The number of hydrogen-bond donors (Lipinski definition) is 5. The Bertz CT molecular complexity index is 1750. The first-order chi connectivity index (χ1) is 22.5. The number of anilines is 5. The molecule has 0 unspecified atom stereocenters. The number of nitro groups is 1. The molecule has 0 bridgehead atoms. The second-order valence-electron chi connectivity index (χ2n) is 14.6. The molecule has 2 amide bonds. The average molecular weight is 740 g/mol. The Labute approximate surface area is 302 Å². The Balaban J connectivity index is 0.000000353. The number of amides is 2. The summed E-state index contributed by atoms with van der Waals surface area (Å²) in [5.41, 5.74) is 6.91. The fourth-order valence-electron chi connectivity index (χ4n) is 5.99. The van der Waals surface area contributed by atoms with Gasteiger partial charge >= 0.3 is 0 Å². The lowest BCUT2D eigenvalue weighted by Crippen LogP contribution is -2.31. The predicted molar refractivity (Wildman–Crippen MR) is 203 cm³/mol. The topological polar surface area (TPSA) is 198 Å². The van der Waals surface area contributed by atoms with Crippen molar-refractivity contribution >= 4 is 68.6 Å². The Morgan fingerprint density at radius 2 is 1.46 bits per heavy atom. The number of carbonyl (C=O) groups excluding carboxylic acids is 2. The van der Waals surface area contributed by atoms with E-state index in [1.165, 1.54) is 0 Å². The number of fused-ring (bicyclic) bond motifs is 2. The Hall–Kier alpha value is -3.66. The van der Waals surface area contributed by atoms with E-state index < -0.39 is 21.0 Å². The van der Waals surface area contributed by atoms with Crippen LogP contribution in [0.2, 0.25) is 0 Å². The molecule has 2 aromatic carbocycles. The summed E-state index contributed by atoms with van der Waals surface area (Å²) in [4.78, 5) is 38.1. The summed E-state index contributed by atoms with van der Waals surface area (Å²) in [6.07, 6.45) is 1.49. The monoisotopic (exact) mass is 739 g/mol. The molecule has 2 aliphatic rings. The number of ether oxygens (including phenoxy) is 1. The van der Waals surface area contributed by atoms with Crippen LogP contribution in [0.15, 0.2) is 0 Å². The second-order valence-corrected chi connectivity index (χ2v) is 15.9. The summed E-state index contributed by atoms with van der Waals surface area (Å²) in [5, 5.41) is 25.7. The average Bonchev–Trinajstić information content (AvgIpc) is 3.62. The van der Waals surface area contributed by atoms with Crippen LogP contribution in [-0.2, 0) is 37.4 Å². The van der Waals surface area contributed by atoms with Crippen molar-refractivity contribution in [3.63, 3.8) is 0 Å². The van der Waals surface area contributed by atoms with Gasteiger partial charge in [0.25, 0.3) is 15.9 Å². The number of nitrogens with one attached hydrogen (secondary N) is 4. The van der Waals surface area contributed by atoms with Crippen LogP contribution >= 0.6 is 12.4 Å². The van der Waals surface area contributed by atoms with E-state index in [0.717, 1.165) is 54.0 Å². The zero-order valence-corrected chi connectivity index (χ0v) is 32.7. The maximum Gasteiger partial charge on any atom is 0.296 e. The van der Waals surface area contributed by atoms with E-state index in [2.05, 4.69) is 25.6 Å². The second kappa shape index (κ2) is 16.1. The molecule has 6 N–H and O–H groups in total. The molecule has 0 spiro atoms. The van der Waals surface area contributed by atoms with Gasteiger partial charge in [0.15, 0.2) is 0 Å². The lowest BCUT2D eigenvalue weighted by atomic mass is 9.94. The van der Waals surface area contributed by atoms with Crippen LogP contribution < -0.4 is 30.7 Å². The van der Waals surface area contributed by atoms with Crippen LogP contribution in [0, 0.1) is 48.6 Å². The predicted octanol–water partition coefficient (Wildman–Crippen LogP) is 5.89. The summed E-state index contributed by atoms with van der Waals surface area (Å²) in [6.45, 7) is 23.4. The van der Waals surface area contributed by atoms with Crippen LogP contribution in [0.1, 0.15) is 81.8 Å². The number of rotatable bonds is 9. The normalized spacial score (nSPS) is 13.6. The maximum atomic E-state index is 12.7. The molecule has 0 aromatic heterocycles. The highest BCUT2D eigenvalue weighted by atomic mass is 35.5. The van der Waals surface area contributed by atoms with E-state index in [9.17, 15) is 28.1 Å². The summed E-state index contributed by atoms with van der Waals surface area (Å²) in [6, 6.07) is 0. The van der Waals surface area contributed by atoms with Crippen molar-refractivity contribution in [2.45, 2.75) is 89.0 Å². The molecule has 4 rings (SSSR count). The number of benzene rings is 2. The van der Waals surface area contributed by atoms with E-state index in [1.54, 1.807) is 20.8 Å². The lowest BCUT2D eigenvalue weighted by molar-refractivity contribution is -0.386. The van der Waals surface area contributed by atoms with Gasteiger partial charge in [0, 0.05) is 42.6 Å². The summed E-state index contributed by atoms with van der Waals surface area (Å²) in [5.74, 6) is -0.292. The fourth-order valence-corrected chi connectivity index (χ4v) is 6.58. The molecule has 0 atom stereocenters. The molecule has 16 heteroatoms. The van der Waals surface area contributed by atoms with Gasteiger partial charge < -0.3 is 25.6 Å². The Morgan fingerprint density at radius 1 is 0.900 bits per heavy atom. The molecular formula is C34H54ClN7O7S. The molecule has 0 saturated carbocycles. The van der Waals surface area contributed by atoms with Crippen molar-refractivity contribution in [2.24, 2.45) is 16.0 Å². The van der Waals surface area contributed by atoms with Crippen molar-refractivity contribution in [3.8, 4) is 0 Å². The first-order valence-electron chi connectivity index (χ1n) is 16.5. The largest absolute Gasteiger partial charge is 0.383 e. The highest BCUT2D eigenvalue weighted by Crippen LogP contribution is 2.45. The van der Waals surface area contributed by atoms with E-state index in [1.807, 2.05) is 55.4 Å². The molecule has 50 heavy (non-hydrogen) atoms. The standard InChI is InChI=1S/C19H32N4O4S.C15H21N3O3.ClH/c1-7-27-11-10-23-9-8-14-12(2)15(22-28(20,25)26)13(3)16(17(14)23)21-18(24)19(4,5)6;1-8-10-6-7-16-12(10)11(9(2)13(8)18(20)21)17-14(19)15(3,4)5;/h22H,7-11H2,1-6H3,(H,21,24)(H2,20,25,26);16H,6-7H2,1-5H3,(H,17,19);1H. The highest BCUT2D eigenvalue weighted by molar-refractivity contribution is 7.90. The molecule has 0 aliphatic carbocycles. The van der Waals surface area contributed by atoms with Gasteiger partial charge in [0.1, 0.15) is 0 Å². The lowest BCUT2D eigenvalue weighted by Gasteiger charge is -2.28. The molecule has 2 aromatic rings. The zero-order valence-electron chi connectivity index (χ0n) is 31.1. The van der Waals surface area contributed by atoms with Crippen LogP contribution in [0.25, 0.3) is 0 Å². The highest BCUT2D eigenvalue weighted by Gasteiger charge is 2.33. The molecule has 0 saturated heterocycles. The van der Waals surface area contributed by atoms with Gasteiger partial charge in [-0.25, -0.2) is 5.14 Å². The number of nitrogens with zero attached hydrogens (tertiary/aromatic N) is 2. The smallest absolute Gasteiger partial charge is 0.296 e.